The van der Waals surface area contributed by atoms with Crippen LogP contribution < -0.4 is 5.32 Å². The van der Waals surface area contributed by atoms with E-state index in [9.17, 15) is 4.79 Å². The Morgan fingerprint density at radius 2 is 2.16 bits per heavy atom. The minimum Gasteiger partial charge on any atom is -0.335 e. The maximum atomic E-state index is 12.6. The highest BCUT2D eigenvalue weighted by Crippen LogP contribution is 2.30. The van der Waals surface area contributed by atoms with Gasteiger partial charge in [0.1, 0.15) is 4.88 Å². The van der Waals surface area contributed by atoms with Crippen LogP contribution in [0.2, 0.25) is 0 Å². The van der Waals surface area contributed by atoms with Crippen LogP contribution in [0.4, 0.5) is 0 Å². The van der Waals surface area contributed by atoms with E-state index in [1.165, 1.54) is 24.2 Å². The molecule has 1 aromatic heterocycles. The van der Waals surface area contributed by atoms with Gasteiger partial charge in [0.25, 0.3) is 5.91 Å². The van der Waals surface area contributed by atoms with Gasteiger partial charge in [-0.3, -0.25) is 4.79 Å². The van der Waals surface area contributed by atoms with Crippen molar-refractivity contribution in [2.45, 2.75) is 57.7 Å². The molecule has 19 heavy (non-hydrogen) atoms. The van der Waals surface area contributed by atoms with E-state index in [0.29, 0.717) is 18.1 Å². The smallest absolute Gasteiger partial charge is 0.265 e. The van der Waals surface area contributed by atoms with Gasteiger partial charge >= 0.3 is 0 Å². The quantitative estimate of drug-likeness (QED) is 0.922. The molecule has 0 spiro atoms. The molecule has 2 atom stereocenters. The molecular weight excluding hydrogens is 258 g/mol. The van der Waals surface area contributed by atoms with E-state index in [-0.39, 0.29) is 5.91 Å². The summed E-state index contributed by atoms with van der Waals surface area (Å²) in [6, 6.07) is 1.64. The lowest BCUT2D eigenvalue weighted by Gasteiger charge is -2.37. The summed E-state index contributed by atoms with van der Waals surface area (Å²) in [5, 5.41) is 4.60. The normalized spacial score (nSPS) is 29.5. The van der Waals surface area contributed by atoms with Crippen molar-refractivity contribution in [1.82, 2.24) is 15.2 Å². The van der Waals surface area contributed by atoms with Gasteiger partial charge < -0.3 is 10.2 Å². The standard InChI is InChI=1S/C14H21N3OS/c1-3-17(14(18)13-8-15-9(2)19-13)12-6-10-4-5-11(7-12)16-10/h8,10-12,16H,3-7H2,1-2H3. The summed E-state index contributed by atoms with van der Waals surface area (Å²) < 4.78 is 0. The number of hydrogen-bond acceptors (Lipinski definition) is 4. The third kappa shape index (κ3) is 2.54. The monoisotopic (exact) mass is 279 g/mol. The Hall–Kier alpha value is -0.940. The van der Waals surface area contributed by atoms with Crippen LogP contribution in [0, 0.1) is 6.92 Å². The molecule has 4 nitrogen and oxygen atoms in total. The fraction of sp³-hybridized carbons (Fsp3) is 0.714. The van der Waals surface area contributed by atoms with Crippen LogP contribution in [0.25, 0.3) is 0 Å². The third-order valence-electron chi connectivity index (χ3n) is 4.32. The van der Waals surface area contributed by atoms with Crippen molar-refractivity contribution in [2.24, 2.45) is 0 Å². The van der Waals surface area contributed by atoms with Gasteiger partial charge in [-0.1, -0.05) is 0 Å². The fourth-order valence-corrected chi connectivity index (χ4v) is 4.18. The molecule has 0 saturated carbocycles. The van der Waals surface area contributed by atoms with Crippen LogP contribution in [0.15, 0.2) is 6.20 Å². The summed E-state index contributed by atoms with van der Waals surface area (Å²) in [6.07, 6.45) is 6.47. The highest BCUT2D eigenvalue weighted by molar-refractivity contribution is 7.13. The summed E-state index contributed by atoms with van der Waals surface area (Å²) in [5.74, 6) is 0.166. The predicted octanol–water partition coefficient (Wildman–Crippen LogP) is 2.20. The number of piperidine rings is 1. The van der Waals surface area contributed by atoms with Gasteiger partial charge in [0.2, 0.25) is 0 Å². The number of amides is 1. The molecule has 1 N–H and O–H groups in total. The zero-order valence-electron chi connectivity index (χ0n) is 11.6. The van der Waals surface area contributed by atoms with Crippen LogP contribution in [0.5, 0.6) is 0 Å². The summed E-state index contributed by atoms with van der Waals surface area (Å²) in [5.41, 5.74) is 0. The lowest BCUT2D eigenvalue weighted by molar-refractivity contribution is 0.0636. The number of rotatable bonds is 3. The van der Waals surface area contributed by atoms with E-state index in [4.69, 9.17) is 0 Å². The number of nitrogens with one attached hydrogen (secondary N) is 1. The lowest BCUT2D eigenvalue weighted by atomic mass is 9.98. The van der Waals surface area contributed by atoms with Crippen molar-refractivity contribution in [2.75, 3.05) is 6.54 Å². The van der Waals surface area contributed by atoms with E-state index >= 15 is 0 Å². The van der Waals surface area contributed by atoms with Crippen molar-refractivity contribution >= 4 is 17.2 Å². The molecule has 0 aliphatic carbocycles. The number of nitrogens with zero attached hydrogens (tertiary/aromatic N) is 2. The average molecular weight is 279 g/mol. The van der Waals surface area contributed by atoms with Crippen LogP contribution in [-0.4, -0.2) is 40.5 Å². The molecule has 1 amide bonds. The van der Waals surface area contributed by atoms with E-state index in [2.05, 4.69) is 22.1 Å². The summed E-state index contributed by atoms with van der Waals surface area (Å²) in [6.45, 7) is 4.82. The molecule has 3 rings (SSSR count). The predicted molar refractivity (Wildman–Crippen MR) is 76.5 cm³/mol. The topological polar surface area (TPSA) is 45.2 Å². The number of carbonyl (C=O) groups excluding carboxylic acids is 1. The molecule has 2 fully saturated rings. The molecule has 2 aliphatic heterocycles. The zero-order chi connectivity index (χ0) is 13.4. The Morgan fingerprint density at radius 3 is 2.68 bits per heavy atom. The molecule has 5 heteroatoms. The minimum atomic E-state index is 0.166. The SMILES string of the molecule is CCN(C(=O)c1cnc(C)s1)C1CC2CCC(C1)N2. The highest BCUT2D eigenvalue weighted by atomic mass is 32.1. The maximum absolute atomic E-state index is 12.6. The summed E-state index contributed by atoms with van der Waals surface area (Å²) in [4.78, 5) is 19.6. The van der Waals surface area contributed by atoms with Crippen LogP contribution in [-0.2, 0) is 0 Å². The molecule has 0 aromatic carbocycles. The van der Waals surface area contributed by atoms with Crippen molar-refractivity contribution < 1.29 is 4.79 Å². The molecular formula is C14H21N3OS. The first-order valence-electron chi connectivity index (χ1n) is 7.16. The Morgan fingerprint density at radius 1 is 1.47 bits per heavy atom. The van der Waals surface area contributed by atoms with E-state index in [1.54, 1.807) is 6.20 Å². The van der Waals surface area contributed by atoms with Gasteiger partial charge in [-0.2, -0.15) is 0 Å². The molecule has 0 radical (unpaired) electrons. The van der Waals surface area contributed by atoms with Crippen LogP contribution >= 0.6 is 11.3 Å². The Bertz CT molecular complexity index is 461. The van der Waals surface area contributed by atoms with E-state index < -0.39 is 0 Å². The van der Waals surface area contributed by atoms with Gasteiger partial charge in [0.05, 0.1) is 11.2 Å². The molecule has 104 valence electrons. The van der Waals surface area contributed by atoms with Crippen LogP contribution in [0.1, 0.15) is 47.3 Å². The number of thiazole rings is 1. The molecule has 3 heterocycles. The lowest BCUT2D eigenvalue weighted by Crippen LogP contribution is -2.50. The number of aromatic nitrogens is 1. The second-order valence-corrected chi connectivity index (χ2v) is 6.83. The first kappa shape index (κ1) is 13.1. The molecule has 2 saturated heterocycles. The Labute approximate surface area is 118 Å². The third-order valence-corrected chi connectivity index (χ3v) is 5.22. The largest absolute Gasteiger partial charge is 0.335 e. The van der Waals surface area contributed by atoms with Crippen molar-refractivity contribution in [3.63, 3.8) is 0 Å². The van der Waals surface area contributed by atoms with Crippen molar-refractivity contribution in [3.05, 3.63) is 16.1 Å². The first-order valence-corrected chi connectivity index (χ1v) is 7.98. The van der Waals surface area contributed by atoms with Gasteiger partial charge in [0.15, 0.2) is 0 Å². The molecule has 2 aliphatic rings. The Balaban J connectivity index is 1.75. The maximum Gasteiger partial charge on any atom is 0.265 e. The number of aryl methyl sites for hydroxylation is 1. The number of fused-ring (bicyclic) bond motifs is 2. The molecule has 1 aromatic rings. The number of carbonyl (C=O) groups is 1. The first-order chi connectivity index (χ1) is 9.17. The average Bonchev–Trinajstić information content (AvgIpc) is 2.97. The van der Waals surface area contributed by atoms with Crippen molar-refractivity contribution in [1.29, 1.82) is 0 Å². The van der Waals surface area contributed by atoms with E-state index in [0.717, 1.165) is 29.3 Å². The summed E-state index contributed by atoms with van der Waals surface area (Å²) >= 11 is 1.50. The molecule has 2 unspecified atom stereocenters. The number of hydrogen-bond donors (Lipinski definition) is 1. The van der Waals surface area contributed by atoms with Gasteiger partial charge in [-0.15, -0.1) is 11.3 Å². The van der Waals surface area contributed by atoms with E-state index in [1.807, 2.05) is 6.92 Å². The molecule has 2 bridgehead atoms. The zero-order valence-corrected chi connectivity index (χ0v) is 12.4. The Kier molecular flexibility index (Phi) is 3.58. The van der Waals surface area contributed by atoms with Crippen molar-refractivity contribution in [3.8, 4) is 0 Å². The summed E-state index contributed by atoms with van der Waals surface area (Å²) in [7, 11) is 0. The second-order valence-electron chi connectivity index (χ2n) is 5.60. The van der Waals surface area contributed by atoms with Gasteiger partial charge in [-0.05, 0) is 39.5 Å². The second kappa shape index (κ2) is 5.21. The minimum absolute atomic E-state index is 0.166. The van der Waals surface area contributed by atoms with Gasteiger partial charge in [-0.25, -0.2) is 4.98 Å². The fourth-order valence-electron chi connectivity index (χ4n) is 3.45. The van der Waals surface area contributed by atoms with Crippen LogP contribution in [0.3, 0.4) is 0 Å². The van der Waals surface area contributed by atoms with Gasteiger partial charge in [0, 0.05) is 24.7 Å². The highest BCUT2D eigenvalue weighted by Gasteiger charge is 2.37.